The zero-order chi connectivity index (χ0) is 20.9. The molecule has 1 aromatic carbocycles. The van der Waals surface area contributed by atoms with Crippen molar-refractivity contribution >= 4 is 23.1 Å². The molecule has 0 N–H and O–H groups in total. The number of fused-ring (bicyclic) bond motifs is 2. The molecule has 2 heterocycles. The van der Waals surface area contributed by atoms with Gasteiger partial charge in [0.25, 0.3) is 0 Å². The van der Waals surface area contributed by atoms with Gasteiger partial charge in [-0.15, -0.1) is 0 Å². The molecule has 4 atom stereocenters. The lowest BCUT2D eigenvalue weighted by Gasteiger charge is -2.46. The van der Waals surface area contributed by atoms with Crippen LogP contribution in [0.3, 0.4) is 0 Å². The number of benzene rings is 1. The van der Waals surface area contributed by atoms with E-state index in [1.807, 2.05) is 12.1 Å². The Labute approximate surface area is 185 Å². The minimum atomic E-state index is 0.0206. The molecule has 2 fully saturated rings. The summed E-state index contributed by atoms with van der Waals surface area (Å²) in [6.45, 7) is 7.44. The van der Waals surface area contributed by atoms with Gasteiger partial charge in [0.1, 0.15) is 6.10 Å². The average Bonchev–Trinajstić information content (AvgIpc) is 3.01. The summed E-state index contributed by atoms with van der Waals surface area (Å²) in [5.41, 5.74) is 6.10. The van der Waals surface area contributed by atoms with Gasteiger partial charge in [0.15, 0.2) is 0 Å². The van der Waals surface area contributed by atoms with Crippen molar-refractivity contribution in [1.29, 1.82) is 0 Å². The van der Waals surface area contributed by atoms with E-state index >= 15 is 0 Å². The number of carbonyl (C=O) groups excluding carboxylic acids is 1. The van der Waals surface area contributed by atoms with Crippen LogP contribution in [0, 0.1) is 17.3 Å². The highest BCUT2D eigenvalue weighted by Crippen LogP contribution is 2.55. The van der Waals surface area contributed by atoms with E-state index in [1.165, 1.54) is 30.4 Å². The number of rotatable bonds is 3. The van der Waals surface area contributed by atoms with E-state index in [9.17, 15) is 4.79 Å². The third-order valence-electron chi connectivity index (χ3n) is 8.14. The molecule has 2 aliphatic heterocycles. The van der Waals surface area contributed by atoms with Crippen LogP contribution in [0.1, 0.15) is 57.9 Å². The Morgan fingerprint density at radius 2 is 2.03 bits per heavy atom. The molecule has 1 saturated carbocycles. The van der Waals surface area contributed by atoms with Gasteiger partial charge in [-0.3, -0.25) is 9.69 Å². The molecular formula is C26H32ClNO2. The second-order valence-electron chi connectivity index (χ2n) is 10.1. The molecule has 0 spiro atoms. The van der Waals surface area contributed by atoms with Crippen LogP contribution in [0.2, 0.25) is 5.02 Å². The monoisotopic (exact) mass is 425 g/mol. The third-order valence-corrected chi connectivity index (χ3v) is 8.40. The summed E-state index contributed by atoms with van der Waals surface area (Å²) in [5, 5.41) is 0.776. The Bertz CT molecular complexity index is 902. The first-order valence-electron chi connectivity index (χ1n) is 11.5. The average molecular weight is 426 g/mol. The second-order valence-corrected chi connectivity index (χ2v) is 10.5. The molecule has 0 radical (unpaired) electrons. The van der Waals surface area contributed by atoms with E-state index in [0.29, 0.717) is 5.92 Å². The van der Waals surface area contributed by atoms with Crippen molar-refractivity contribution in [3.8, 4) is 0 Å². The summed E-state index contributed by atoms with van der Waals surface area (Å²) in [4.78, 5) is 15.3. The molecule has 4 unspecified atom stereocenters. The van der Waals surface area contributed by atoms with Crippen LogP contribution in [-0.4, -0.2) is 36.6 Å². The van der Waals surface area contributed by atoms with Crippen LogP contribution < -0.4 is 0 Å². The lowest BCUT2D eigenvalue weighted by molar-refractivity contribution is -0.145. The molecule has 2 aliphatic carbocycles. The van der Waals surface area contributed by atoms with Gasteiger partial charge in [-0.25, -0.2) is 0 Å². The fraction of sp³-hybridized carbons (Fsp3) is 0.577. The smallest absolute Gasteiger partial charge is 0.310 e. The molecule has 160 valence electrons. The molecule has 0 amide bonds. The highest BCUT2D eigenvalue weighted by molar-refractivity contribution is 6.30. The van der Waals surface area contributed by atoms with Crippen LogP contribution >= 0.6 is 11.6 Å². The number of halogens is 1. The number of carbonyl (C=O) groups is 1. The van der Waals surface area contributed by atoms with E-state index in [4.69, 9.17) is 16.3 Å². The van der Waals surface area contributed by atoms with Crippen molar-refractivity contribution in [1.82, 2.24) is 4.90 Å². The fourth-order valence-electron chi connectivity index (χ4n) is 6.40. The first-order valence-corrected chi connectivity index (χ1v) is 11.9. The standard InChI is InChI=1S/C26H32ClNO2/c1-17-4-3-11-26(2)15-24-21(14-23(17)26)22(25(29)30-24)16-28-12-9-19(10-13-28)18-5-7-20(27)8-6-18/h5-9,21-22,24H,3-4,10-16H2,1-2H3. The molecular weight excluding hydrogens is 394 g/mol. The first-order chi connectivity index (χ1) is 14.4. The largest absolute Gasteiger partial charge is 0.462 e. The second kappa shape index (κ2) is 7.84. The van der Waals surface area contributed by atoms with Crippen molar-refractivity contribution in [3.05, 3.63) is 52.1 Å². The summed E-state index contributed by atoms with van der Waals surface area (Å²) in [7, 11) is 0. The van der Waals surface area contributed by atoms with Crippen molar-refractivity contribution in [2.45, 2.75) is 58.5 Å². The number of hydrogen-bond donors (Lipinski definition) is 0. The Kier molecular flexibility index (Phi) is 5.31. The number of nitrogens with zero attached hydrogens (tertiary/aromatic N) is 1. The predicted molar refractivity (Wildman–Crippen MR) is 121 cm³/mol. The fourth-order valence-corrected chi connectivity index (χ4v) is 6.53. The van der Waals surface area contributed by atoms with Crippen molar-refractivity contribution in [3.63, 3.8) is 0 Å². The number of hydrogen-bond acceptors (Lipinski definition) is 3. The summed E-state index contributed by atoms with van der Waals surface area (Å²) in [6.07, 6.45) is 9.28. The molecule has 4 aliphatic rings. The Balaban J connectivity index is 1.28. The van der Waals surface area contributed by atoms with Crippen LogP contribution in [0.4, 0.5) is 0 Å². The summed E-state index contributed by atoms with van der Waals surface area (Å²) in [6, 6.07) is 8.11. The van der Waals surface area contributed by atoms with Gasteiger partial charge < -0.3 is 4.74 Å². The van der Waals surface area contributed by atoms with Gasteiger partial charge in [-0.2, -0.15) is 0 Å². The zero-order valence-electron chi connectivity index (χ0n) is 18.1. The summed E-state index contributed by atoms with van der Waals surface area (Å²) < 4.78 is 5.95. The van der Waals surface area contributed by atoms with Crippen LogP contribution in [0.15, 0.2) is 41.5 Å². The predicted octanol–water partition coefficient (Wildman–Crippen LogP) is 5.89. The maximum Gasteiger partial charge on any atom is 0.310 e. The SMILES string of the molecule is CC1=C2CC3C(CC2(C)CCC1)OC(=O)C3CN1CC=C(c2ccc(Cl)cc2)CC1. The first kappa shape index (κ1) is 20.3. The van der Waals surface area contributed by atoms with Crippen molar-refractivity contribution in [2.24, 2.45) is 17.3 Å². The third kappa shape index (κ3) is 3.65. The Morgan fingerprint density at radius 1 is 1.23 bits per heavy atom. The highest BCUT2D eigenvalue weighted by Gasteiger charge is 2.53. The molecule has 0 bridgehead atoms. The van der Waals surface area contributed by atoms with Gasteiger partial charge in [0, 0.05) is 30.6 Å². The van der Waals surface area contributed by atoms with Gasteiger partial charge in [0.05, 0.1) is 5.92 Å². The molecule has 3 nitrogen and oxygen atoms in total. The van der Waals surface area contributed by atoms with Crippen molar-refractivity contribution < 1.29 is 9.53 Å². The Hall–Kier alpha value is -1.58. The maximum absolute atomic E-state index is 12.8. The molecule has 1 aromatic rings. The lowest BCUT2D eigenvalue weighted by Crippen LogP contribution is -2.42. The minimum absolute atomic E-state index is 0.0206. The van der Waals surface area contributed by atoms with Crippen LogP contribution in [0.25, 0.3) is 5.57 Å². The zero-order valence-corrected chi connectivity index (χ0v) is 18.9. The lowest BCUT2D eigenvalue weighted by atomic mass is 9.59. The normalized spacial score (nSPS) is 34.3. The topological polar surface area (TPSA) is 29.5 Å². The van der Waals surface area contributed by atoms with E-state index in [-0.39, 0.29) is 23.4 Å². The molecule has 0 aromatic heterocycles. The number of ether oxygens (including phenoxy) is 1. The van der Waals surface area contributed by atoms with Gasteiger partial charge in [-0.05, 0) is 74.1 Å². The minimum Gasteiger partial charge on any atom is -0.462 e. The van der Waals surface area contributed by atoms with Crippen molar-refractivity contribution in [2.75, 3.05) is 19.6 Å². The van der Waals surface area contributed by atoms with E-state index in [2.05, 4.69) is 37.0 Å². The maximum atomic E-state index is 12.8. The summed E-state index contributed by atoms with van der Waals surface area (Å²) >= 11 is 6.02. The Morgan fingerprint density at radius 3 is 2.77 bits per heavy atom. The molecule has 1 saturated heterocycles. The molecule has 4 heteroatoms. The number of esters is 1. The molecule has 5 rings (SSSR count). The molecule has 30 heavy (non-hydrogen) atoms. The van der Waals surface area contributed by atoms with Crippen LogP contribution in [0.5, 0.6) is 0 Å². The van der Waals surface area contributed by atoms with E-state index in [0.717, 1.165) is 43.9 Å². The van der Waals surface area contributed by atoms with Gasteiger partial charge >= 0.3 is 5.97 Å². The highest BCUT2D eigenvalue weighted by atomic mass is 35.5. The van der Waals surface area contributed by atoms with Gasteiger partial charge in [-0.1, -0.05) is 47.9 Å². The van der Waals surface area contributed by atoms with Gasteiger partial charge in [0.2, 0.25) is 0 Å². The summed E-state index contributed by atoms with van der Waals surface area (Å²) in [5.74, 6) is 0.417. The van der Waals surface area contributed by atoms with Crippen LogP contribution in [-0.2, 0) is 9.53 Å². The van der Waals surface area contributed by atoms with E-state index < -0.39 is 0 Å². The number of allylic oxidation sites excluding steroid dienone is 2. The van der Waals surface area contributed by atoms with E-state index in [1.54, 1.807) is 11.1 Å². The quantitative estimate of drug-likeness (QED) is 0.446.